The van der Waals surface area contributed by atoms with E-state index in [1.54, 1.807) is 26.0 Å². The summed E-state index contributed by atoms with van der Waals surface area (Å²) in [5.74, 6) is -1.67. The fourth-order valence-electron chi connectivity index (χ4n) is 4.68. The molecule has 0 saturated heterocycles. The highest BCUT2D eigenvalue weighted by molar-refractivity contribution is 6.42. The van der Waals surface area contributed by atoms with Gasteiger partial charge in [-0.1, -0.05) is 138 Å². The first-order chi connectivity index (χ1) is 20.8. The third kappa shape index (κ3) is 6.11. The van der Waals surface area contributed by atoms with Crippen LogP contribution >= 0.6 is 23.2 Å². The summed E-state index contributed by atoms with van der Waals surface area (Å²) in [4.78, 5) is 26.0. The Hall–Kier alpha value is -4.66. The predicted molar refractivity (Wildman–Crippen MR) is 162 cm³/mol. The molecule has 0 radical (unpaired) electrons. The number of ether oxygens (including phenoxy) is 3. The van der Waals surface area contributed by atoms with Gasteiger partial charge in [0.1, 0.15) is 11.3 Å². The number of nitrogens with zero attached hydrogens (tertiary/aromatic N) is 3. The van der Waals surface area contributed by atoms with Crippen molar-refractivity contribution in [2.45, 2.75) is 19.4 Å². The average molecular weight is 617 g/mol. The second kappa shape index (κ2) is 13.1. The SMILES string of the molecule is CC(C)C(=O)OCOC(=O)c1c(Oc2ccc(Cl)c(Cl)c2)nnn1C(c1ccccc1)(c1ccccc1)c1ccccc1. The van der Waals surface area contributed by atoms with Crippen LogP contribution in [0.3, 0.4) is 0 Å². The molecule has 43 heavy (non-hydrogen) atoms. The molecule has 0 fully saturated rings. The Morgan fingerprint density at radius 3 is 1.79 bits per heavy atom. The monoisotopic (exact) mass is 615 g/mol. The zero-order chi connectivity index (χ0) is 30.4. The minimum atomic E-state index is -1.21. The van der Waals surface area contributed by atoms with Gasteiger partial charge in [-0.3, -0.25) is 4.79 Å². The van der Waals surface area contributed by atoms with Crippen LogP contribution in [0.4, 0.5) is 0 Å². The second-order valence-electron chi connectivity index (χ2n) is 9.81. The summed E-state index contributed by atoms with van der Waals surface area (Å²) in [6.45, 7) is 2.75. The number of aromatic nitrogens is 3. The molecule has 0 spiro atoms. The summed E-state index contributed by atoms with van der Waals surface area (Å²) in [6, 6.07) is 33.5. The first-order valence-corrected chi connectivity index (χ1v) is 14.2. The Balaban J connectivity index is 1.74. The molecule has 4 aromatic carbocycles. The molecule has 5 rings (SSSR count). The van der Waals surface area contributed by atoms with Gasteiger partial charge >= 0.3 is 11.9 Å². The lowest BCUT2D eigenvalue weighted by molar-refractivity contribution is -0.155. The quantitative estimate of drug-likeness (QED) is 0.0910. The highest BCUT2D eigenvalue weighted by Crippen LogP contribution is 2.43. The lowest BCUT2D eigenvalue weighted by Crippen LogP contribution is -2.40. The molecule has 0 aliphatic heterocycles. The number of halogens is 2. The van der Waals surface area contributed by atoms with Crippen LogP contribution in [0, 0.1) is 5.92 Å². The fourth-order valence-corrected chi connectivity index (χ4v) is 4.97. The Labute approximate surface area is 258 Å². The highest BCUT2D eigenvalue weighted by atomic mass is 35.5. The maximum atomic E-state index is 13.9. The van der Waals surface area contributed by atoms with Gasteiger partial charge in [0.2, 0.25) is 12.5 Å². The highest BCUT2D eigenvalue weighted by Gasteiger charge is 2.44. The molecule has 0 atom stereocenters. The van der Waals surface area contributed by atoms with Gasteiger partial charge in [0.15, 0.2) is 0 Å². The van der Waals surface area contributed by atoms with Crippen LogP contribution < -0.4 is 4.74 Å². The predicted octanol–water partition coefficient (Wildman–Crippen LogP) is 7.53. The molecule has 1 heterocycles. The molecule has 0 unspecified atom stereocenters. The van der Waals surface area contributed by atoms with Crippen molar-refractivity contribution in [1.82, 2.24) is 15.0 Å². The lowest BCUT2D eigenvalue weighted by atomic mass is 9.77. The van der Waals surface area contributed by atoms with E-state index in [0.717, 1.165) is 16.7 Å². The molecule has 0 saturated carbocycles. The van der Waals surface area contributed by atoms with E-state index in [-0.39, 0.29) is 22.3 Å². The standard InChI is InChI=1S/C33H27Cl2N3O5/c1-22(2)31(39)41-21-42-32(40)29-30(43-26-18-19-27(34)28(35)20-26)36-37-38(29)33(23-12-6-3-7-13-23,24-14-8-4-9-15-24)25-16-10-5-11-17-25/h3-20,22H,21H2,1-2H3. The zero-order valence-electron chi connectivity index (χ0n) is 23.3. The summed E-state index contributed by atoms with van der Waals surface area (Å²) in [5.41, 5.74) is 1.04. The van der Waals surface area contributed by atoms with Gasteiger partial charge < -0.3 is 14.2 Å². The van der Waals surface area contributed by atoms with Crippen molar-refractivity contribution in [3.63, 3.8) is 0 Å². The molecular formula is C33H27Cl2N3O5. The molecule has 5 aromatic rings. The number of hydrogen-bond acceptors (Lipinski definition) is 7. The molecule has 218 valence electrons. The van der Waals surface area contributed by atoms with Gasteiger partial charge in [0.05, 0.1) is 16.0 Å². The Morgan fingerprint density at radius 1 is 0.767 bits per heavy atom. The Kier molecular flexibility index (Phi) is 9.09. The Morgan fingerprint density at radius 2 is 1.30 bits per heavy atom. The van der Waals surface area contributed by atoms with E-state index in [1.165, 1.54) is 10.7 Å². The molecule has 0 bridgehead atoms. The minimum Gasteiger partial charge on any atom is -0.436 e. The number of rotatable bonds is 10. The van der Waals surface area contributed by atoms with Crippen LogP contribution in [0.2, 0.25) is 10.0 Å². The molecule has 0 amide bonds. The normalized spacial score (nSPS) is 11.3. The molecular weight excluding hydrogens is 589 g/mol. The van der Waals surface area contributed by atoms with Crippen molar-refractivity contribution in [1.29, 1.82) is 0 Å². The van der Waals surface area contributed by atoms with E-state index >= 15 is 0 Å². The van der Waals surface area contributed by atoms with Gasteiger partial charge in [0.25, 0.3) is 5.88 Å². The van der Waals surface area contributed by atoms with Gasteiger partial charge in [-0.2, -0.15) is 0 Å². The van der Waals surface area contributed by atoms with E-state index in [1.807, 2.05) is 91.0 Å². The van der Waals surface area contributed by atoms with E-state index in [9.17, 15) is 9.59 Å². The van der Waals surface area contributed by atoms with Gasteiger partial charge in [-0.05, 0) is 28.8 Å². The summed E-state index contributed by atoms with van der Waals surface area (Å²) in [7, 11) is 0. The van der Waals surface area contributed by atoms with E-state index in [2.05, 4.69) is 10.3 Å². The van der Waals surface area contributed by atoms with E-state index in [4.69, 9.17) is 37.4 Å². The first kappa shape index (κ1) is 29.8. The lowest BCUT2D eigenvalue weighted by Gasteiger charge is -2.36. The van der Waals surface area contributed by atoms with Crippen molar-refractivity contribution in [3.8, 4) is 11.6 Å². The largest absolute Gasteiger partial charge is 0.436 e. The smallest absolute Gasteiger partial charge is 0.365 e. The van der Waals surface area contributed by atoms with Crippen molar-refractivity contribution in [2.75, 3.05) is 6.79 Å². The van der Waals surface area contributed by atoms with Crippen molar-refractivity contribution >= 4 is 35.1 Å². The number of esters is 2. The number of benzene rings is 4. The van der Waals surface area contributed by atoms with Crippen molar-refractivity contribution in [2.24, 2.45) is 5.92 Å². The molecule has 1 aromatic heterocycles. The average Bonchev–Trinajstić information content (AvgIpc) is 3.44. The van der Waals surface area contributed by atoms with Gasteiger partial charge in [-0.15, -0.1) is 0 Å². The molecule has 0 N–H and O–H groups in total. The molecule has 0 aliphatic carbocycles. The summed E-state index contributed by atoms with van der Waals surface area (Å²) >= 11 is 12.3. The van der Waals surface area contributed by atoms with Crippen LogP contribution in [0.1, 0.15) is 41.0 Å². The molecule has 0 aliphatic rings. The minimum absolute atomic E-state index is 0.122. The maximum Gasteiger partial charge on any atom is 0.365 e. The summed E-state index contributed by atoms with van der Waals surface area (Å²) < 4.78 is 18.1. The van der Waals surface area contributed by atoms with Gasteiger partial charge in [0, 0.05) is 6.07 Å². The number of hydrogen-bond donors (Lipinski definition) is 0. The second-order valence-corrected chi connectivity index (χ2v) is 10.6. The third-order valence-corrected chi connectivity index (χ3v) is 7.43. The van der Waals surface area contributed by atoms with Crippen LogP contribution in [0.15, 0.2) is 109 Å². The first-order valence-electron chi connectivity index (χ1n) is 13.4. The van der Waals surface area contributed by atoms with Crippen LogP contribution in [0.5, 0.6) is 11.6 Å². The fraction of sp³-hybridized carbons (Fsp3) is 0.152. The van der Waals surface area contributed by atoms with Crippen molar-refractivity contribution < 1.29 is 23.8 Å². The number of carbonyl (C=O) groups is 2. The van der Waals surface area contributed by atoms with Crippen molar-refractivity contribution in [3.05, 3.63) is 142 Å². The topological polar surface area (TPSA) is 92.5 Å². The third-order valence-electron chi connectivity index (χ3n) is 6.69. The van der Waals surface area contributed by atoms with Crippen LogP contribution in [0.25, 0.3) is 0 Å². The summed E-state index contributed by atoms with van der Waals surface area (Å²) in [5, 5.41) is 9.41. The van der Waals surface area contributed by atoms with E-state index in [0.29, 0.717) is 5.02 Å². The van der Waals surface area contributed by atoms with Gasteiger partial charge in [-0.25, -0.2) is 9.48 Å². The Bertz CT molecular complexity index is 1610. The molecule has 10 heteroatoms. The summed E-state index contributed by atoms with van der Waals surface area (Å²) in [6.07, 6.45) is 0. The maximum absolute atomic E-state index is 13.9. The van der Waals surface area contributed by atoms with Crippen LogP contribution in [-0.4, -0.2) is 33.7 Å². The number of carbonyl (C=O) groups excluding carboxylic acids is 2. The van der Waals surface area contributed by atoms with Crippen LogP contribution in [-0.2, 0) is 19.8 Å². The van der Waals surface area contributed by atoms with E-state index < -0.39 is 30.2 Å². The zero-order valence-corrected chi connectivity index (χ0v) is 24.8. The molecule has 8 nitrogen and oxygen atoms in total.